The van der Waals surface area contributed by atoms with Crippen molar-refractivity contribution in [2.45, 2.75) is 411 Å². The molecule has 5 atom stereocenters. The monoisotopic (exact) mass is 1650 g/mol. The van der Waals surface area contributed by atoms with Gasteiger partial charge in [-0.2, -0.15) is 0 Å². The molecule has 0 aliphatic carbocycles. The van der Waals surface area contributed by atoms with Crippen molar-refractivity contribution in [3.05, 3.63) is 146 Å². The Hall–Kier alpha value is -4.57. The first kappa shape index (κ1) is 110. The van der Waals surface area contributed by atoms with Crippen molar-refractivity contribution in [3.8, 4) is 0 Å². The van der Waals surface area contributed by atoms with E-state index in [1.165, 1.54) is 186 Å². The molecule has 0 saturated heterocycles. The zero-order valence-electron chi connectivity index (χ0n) is 72.9. The molecule has 0 aromatic heterocycles. The highest BCUT2D eigenvalue weighted by atomic mass is 31.2. The van der Waals surface area contributed by atoms with Crippen LogP contribution in [0.15, 0.2) is 146 Å². The van der Waals surface area contributed by atoms with Crippen molar-refractivity contribution in [3.63, 3.8) is 0 Å². The number of aliphatic hydroxyl groups excluding tert-OH is 2. The Bertz CT molecular complexity index is 2670. The van der Waals surface area contributed by atoms with Crippen molar-refractivity contribution in [2.24, 2.45) is 0 Å². The number of carbonyl (C=O) groups is 3. The third kappa shape index (κ3) is 90.0. The van der Waals surface area contributed by atoms with E-state index in [-0.39, 0.29) is 19.3 Å². The van der Waals surface area contributed by atoms with Gasteiger partial charge in [0, 0.05) is 19.3 Å². The van der Waals surface area contributed by atoms with E-state index in [9.17, 15) is 43.5 Å². The van der Waals surface area contributed by atoms with E-state index in [0.29, 0.717) is 19.3 Å². The predicted octanol–water partition coefficient (Wildman–Crippen LogP) is 28.3. The number of rotatable bonds is 87. The van der Waals surface area contributed by atoms with Crippen LogP contribution in [0.3, 0.4) is 0 Å². The zero-order valence-corrected chi connectivity index (χ0v) is 74.7. The van der Waals surface area contributed by atoms with E-state index in [1.807, 2.05) is 0 Å². The SMILES string of the molecule is CCCCC/C=C\C/C=C\C/C=C\C/C=C\CCCCCCCCCCCCCCCCCCCC(=O)OCC(O)COP(=O)(O)OCC(O)COP(=O)(O)OCC(COC(=O)CCCCCCCCCCC/C=C\C/C=C\C/C=C\C/C=C\CCCCC)OC(=O)CCCCCCC/C=C\C/C=C\C/C=C\C/C=C\CCCCC. The summed E-state index contributed by atoms with van der Waals surface area (Å²) in [5.41, 5.74) is 0. The lowest BCUT2D eigenvalue weighted by molar-refractivity contribution is -0.161. The molecule has 0 radical (unpaired) electrons. The molecule has 0 bridgehead atoms. The number of aliphatic hydroxyl groups is 2. The topological polar surface area (TPSA) is 231 Å². The molecule has 16 nitrogen and oxygen atoms in total. The molecular weight excluding hydrogens is 1480 g/mol. The van der Waals surface area contributed by atoms with Crippen molar-refractivity contribution < 1.29 is 75.8 Å². The molecule has 0 heterocycles. The lowest BCUT2D eigenvalue weighted by Crippen LogP contribution is -2.30. The summed E-state index contributed by atoms with van der Waals surface area (Å²) in [5, 5.41) is 20.7. The van der Waals surface area contributed by atoms with Crippen LogP contribution in [0.2, 0.25) is 0 Å². The van der Waals surface area contributed by atoms with Gasteiger partial charge >= 0.3 is 33.6 Å². The highest BCUT2D eigenvalue weighted by Crippen LogP contribution is 2.45. The summed E-state index contributed by atoms with van der Waals surface area (Å²) in [5.74, 6) is -1.59. The minimum atomic E-state index is -4.95. The van der Waals surface area contributed by atoms with Gasteiger partial charge in [0.1, 0.15) is 25.4 Å². The van der Waals surface area contributed by atoms with Crippen LogP contribution in [0.25, 0.3) is 0 Å². The number of phosphoric acid groups is 2. The standard InChI is InChI=1S/C97H168O16P2/c1-4-7-10-13-16-19-22-25-28-31-34-37-39-41-42-43-44-45-46-47-48-50-52-54-56-59-62-65-68-71-74-77-80-83-95(100)107-86-92(98)87-109-114(103,104)110-88-93(99)89-111-115(105,106)112-91-94(113-97(102)85-82-79-76-73-70-67-64-61-58-53-36-33-30-27-24-21-18-15-12-9-6-3)90-108-96(101)84-81-78-75-72-69-66-63-60-57-55-51-49-40-38-35-32-29-26-23-20-17-14-11-8-5-2/h16-21,25-30,34-38,41-42,49,51,53,61,64,92-94,98-99H,4-15,22-24,31-33,39-40,43-48,50,52,54-60,62-63,65-91H2,1-3H3,(H,103,104)(H,105,106)/b19-16-,20-17-,21-18-,28-25-,29-26-,30-27-,37-34-,38-35-,42-41-,51-49-,53-36-,64-61-. The van der Waals surface area contributed by atoms with E-state index >= 15 is 0 Å². The lowest BCUT2D eigenvalue weighted by Gasteiger charge is -2.21. The summed E-state index contributed by atoms with van der Waals surface area (Å²) in [6.45, 7) is 2.62. The Morgan fingerprint density at radius 2 is 0.435 bits per heavy atom. The maximum atomic E-state index is 13.1. The molecule has 18 heteroatoms. The average Bonchev–Trinajstić information content (AvgIpc) is 0.902. The Balaban J connectivity index is 4.57. The molecule has 0 rings (SSSR count). The van der Waals surface area contributed by atoms with E-state index in [1.54, 1.807) is 0 Å². The summed E-state index contributed by atoms with van der Waals surface area (Å²) in [4.78, 5) is 59.0. The Labute approximate surface area is 702 Å². The molecule has 115 heavy (non-hydrogen) atoms. The minimum absolute atomic E-state index is 0.0791. The molecule has 0 aromatic rings. The second-order valence-electron chi connectivity index (χ2n) is 30.7. The molecule has 5 unspecified atom stereocenters. The van der Waals surface area contributed by atoms with E-state index < -0.39 is 91.5 Å². The Morgan fingerprint density at radius 3 is 0.687 bits per heavy atom. The van der Waals surface area contributed by atoms with Gasteiger partial charge in [0.2, 0.25) is 0 Å². The van der Waals surface area contributed by atoms with Gasteiger partial charge < -0.3 is 34.2 Å². The first-order valence-electron chi connectivity index (χ1n) is 46.1. The van der Waals surface area contributed by atoms with Gasteiger partial charge in [0.15, 0.2) is 6.10 Å². The van der Waals surface area contributed by atoms with Gasteiger partial charge in [-0.3, -0.25) is 32.5 Å². The third-order valence-corrected chi connectivity index (χ3v) is 21.4. The second kappa shape index (κ2) is 88.7. The molecule has 4 N–H and O–H groups in total. The maximum Gasteiger partial charge on any atom is 0.472 e. The number of hydrogen-bond acceptors (Lipinski definition) is 14. The first-order chi connectivity index (χ1) is 56.2. The minimum Gasteiger partial charge on any atom is -0.463 e. The summed E-state index contributed by atoms with van der Waals surface area (Å²) in [6.07, 6.45) is 112. The van der Waals surface area contributed by atoms with Crippen molar-refractivity contribution in [2.75, 3.05) is 39.6 Å². The number of unbranched alkanes of at least 4 members (excludes halogenated alkanes) is 40. The normalized spacial score (nSPS) is 14.5. The fourth-order valence-corrected chi connectivity index (χ4v) is 14.1. The summed E-state index contributed by atoms with van der Waals surface area (Å²) in [6, 6.07) is 0. The number of esters is 3. The van der Waals surface area contributed by atoms with Crippen LogP contribution in [0, 0.1) is 0 Å². The molecule has 0 aliphatic rings. The van der Waals surface area contributed by atoms with Crippen LogP contribution in [-0.4, -0.2) is 95.9 Å². The molecule has 0 saturated carbocycles. The summed E-state index contributed by atoms with van der Waals surface area (Å²) in [7, 11) is -9.82. The quantitative estimate of drug-likeness (QED) is 0.0146. The number of ether oxygens (including phenoxy) is 3. The van der Waals surface area contributed by atoms with Crippen LogP contribution in [0.5, 0.6) is 0 Å². The van der Waals surface area contributed by atoms with Gasteiger partial charge in [-0.25, -0.2) is 9.13 Å². The van der Waals surface area contributed by atoms with Gasteiger partial charge in [0.25, 0.3) is 0 Å². The Kier molecular flexibility index (Phi) is 85.2. The highest BCUT2D eigenvalue weighted by Gasteiger charge is 2.29. The van der Waals surface area contributed by atoms with E-state index in [0.717, 1.165) is 148 Å². The predicted molar refractivity (Wildman–Crippen MR) is 482 cm³/mol. The molecule has 662 valence electrons. The molecular formula is C97H168O16P2. The van der Waals surface area contributed by atoms with Crippen LogP contribution >= 0.6 is 15.6 Å². The zero-order chi connectivity index (χ0) is 83.6. The van der Waals surface area contributed by atoms with Crippen molar-refractivity contribution in [1.29, 1.82) is 0 Å². The fraction of sp³-hybridized carbons (Fsp3) is 0.722. The van der Waals surface area contributed by atoms with E-state index in [4.69, 9.17) is 32.3 Å². The number of carbonyl (C=O) groups excluding carboxylic acids is 3. The molecule has 0 amide bonds. The molecule has 0 aromatic carbocycles. The smallest absolute Gasteiger partial charge is 0.463 e. The van der Waals surface area contributed by atoms with Gasteiger partial charge in [-0.1, -0.05) is 366 Å². The fourth-order valence-electron chi connectivity index (χ4n) is 12.5. The number of phosphoric ester groups is 2. The lowest BCUT2D eigenvalue weighted by atomic mass is 10.0. The van der Waals surface area contributed by atoms with E-state index in [2.05, 4.69) is 167 Å². The van der Waals surface area contributed by atoms with Gasteiger partial charge in [-0.05, 0) is 154 Å². The highest BCUT2D eigenvalue weighted by molar-refractivity contribution is 7.47. The van der Waals surface area contributed by atoms with Crippen molar-refractivity contribution >= 4 is 33.6 Å². The summed E-state index contributed by atoms with van der Waals surface area (Å²) >= 11 is 0. The van der Waals surface area contributed by atoms with Crippen LogP contribution < -0.4 is 0 Å². The number of hydrogen-bond donors (Lipinski definition) is 4. The van der Waals surface area contributed by atoms with Crippen molar-refractivity contribution in [1.82, 2.24) is 0 Å². The average molecular weight is 1650 g/mol. The largest absolute Gasteiger partial charge is 0.472 e. The number of allylic oxidation sites excluding steroid dienone is 24. The molecule has 0 fully saturated rings. The van der Waals surface area contributed by atoms with Gasteiger partial charge in [-0.15, -0.1) is 0 Å². The second-order valence-corrected chi connectivity index (χ2v) is 33.7. The van der Waals surface area contributed by atoms with Crippen LogP contribution in [0.4, 0.5) is 0 Å². The van der Waals surface area contributed by atoms with Crippen LogP contribution in [-0.2, 0) is 55.8 Å². The maximum absolute atomic E-state index is 13.1. The third-order valence-electron chi connectivity index (χ3n) is 19.5. The Morgan fingerprint density at radius 1 is 0.243 bits per heavy atom. The molecule has 0 spiro atoms. The first-order valence-corrected chi connectivity index (χ1v) is 49.1. The molecule has 0 aliphatic heterocycles. The van der Waals surface area contributed by atoms with Gasteiger partial charge in [0.05, 0.1) is 26.4 Å². The summed E-state index contributed by atoms with van der Waals surface area (Å²) < 4.78 is 61.4. The van der Waals surface area contributed by atoms with Crippen LogP contribution in [0.1, 0.15) is 393 Å².